The number of ether oxygens (including phenoxy) is 1. The number of Topliss-reactive ketones (excluding diaryl/α,β-unsaturated/α-hetero) is 1. The van der Waals surface area contributed by atoms with Gasteiger partial charge in [-0.2, -0.15) is 0 Å². The Morgan fingerprint density at radius 3 is 2.43 bits per heavy atom. The van der Waals surface area contributed by atoms with Gasteiger partial charge in [0.2, 0.25) is 0 Å². The summed E-state index contributed by atoms with van der Waals surface area (Å²) in [5.41, 5.74) is 1.69. The minimum Gasteiger partial charge on any atom is -0.457 e. The molecule has 0 aromatic carbocycles. The van der Waals surface area contributed by atoms with Crippen LogP contribution in [0.15, 0.2) is 22.6 Å². The van der Waals surface area contributed by atoms with Crippen molar-refractivity contribution < 1.29 is 24.5 Å². The van der Waals surface area contributed by atoms with Gasteiger partial charge in [0.05, 0.1) is 34.7 Å². The van der Waals surface area contributed by atoms with Gasteiger partial charge < -0.3 is 14.9 Å². The normalized spacial score (nSPS) is 33.7. The fourth-order valence-corrected chi connectivity index (χ4v) is 5.49. The Kier molecular flexibility index (Phi) is 10.4. The molecule has 0 spiro atoms. The highest BCUT2D eigenvalue weighted by Gasteiger charge is 2.42. The van der Waals surface area contributed by atoms with Gasteiger partial charge in [0.1, 0.15) is 11.9 Å². The number of esters is 1. The van der Waals surface area contributed by atoms with Crippen LogP contribution in [0.2, 0.25) is 0 Å². The maximum atomic E-state index is 13.2. The number of ketones is 1. The zero-order valence-corrected chi connectivity index (χ0v) is 23.3. The van der Waals surface area contributed by atoms with E-state index in [9.17, 15) is 19.8 Å². The number of cyclic esters (lactones) is 1. The SMILES string of the molecule is C/C1=C/C[C@@H](/C(C)=C/c2csc(C)n2)OC(=O)C[C@H](O)C(C)(C)C(=O)[C@H](C)[C@@H](O)[C@@H](C)CC(C)C1. The number of hydrogen-bond acceptors (Lipinski definition) is 7. The van der Waals surface area contributed by atoms with Crippen LogP contribution in [0, 0.1) is 30.1 Å². The van der Waals surface area contributed by atoms with E-state index in [0.717, 1.165) is 29.1 Å². The molecule has 35 heavy (non-hydrogen) atoms. The Balaban J connectivity index is 2.38. The second-order valence-corrected chi connectivity index (χ2v) is 12.1. The van der Waals surface area contributed by atoms with Gasteiger partial charge in [-0.1, -0.05) is 46.3 Å². The molecule has 0 aliphatic carbocycles. The number of aliphatic hydroxyl groups is 2. The molecule has 0 bridgehead atoms. The number of rotatable bonds is 2. The predicted octanol–water partition coefficient (Wildman–Crippen LogP) is 5.51. The van der Waals surface area contributed by atoms with Crippen LogP contribution in [0.5, 0.6) is 0 Å². The minimum absolute atomic E-state index is 0.0675. The van der Waals surface area contributed by atoms with Gasteiger partial charge in [0, 0.05) is 17.7 Å². The Labute approximate surface area is 214 Å². The highest BCUT2D eigenvalue weighted by Crippen LogP contribution is 2.33. The third-order valence-electron chi connectivity index (χ3n) is 7.26. The highest BCUT2D eigenvalue weighted by molar-refractivity contribution is 7.09. The lowest BCUT2D eigenvalue weighted by molar-refractivity contribution is -0.154. The Morgan fingerprint density at radius 1 is 1.17 bits per heavy atom. The molecule has 2 N–H and O–H groups in total. The van der Waals surface area contributed by atoms with E-state index < -0.39 is 35.6 Å². The minimum atomic E-state index is -1.22. The second-order valence-electron chi connectivity index (χ2n) is 11.1. The average Bonchev–Trinajstić information content (AvgIpc) is 3.18. The topological polar surface area (TPSA) is 96.7 Å². The molecule has 2 heterocycles. The van der Waals surface area contributed by atoms with E-state index in [-0.39, 0.29) is 18.1 Å². The summed E-state index contributed by atoms with van der Waals surface area (Å²) in [6.45, 7) is 15.0. The molecule has 2 rings (SSSR count). The van der Waals surface area contributed by atoms with Gasteiger partial charge in [0.25, 0.3) is 0 Å². The summed E-state index contributed by atoms with van der Waals surface area (Å²) in [5.74, 6) is -1.21. The summed E-state index contributed by atoms with van der Waals surface area (Å²) < 4.78 is 5.83. The van der Waals surface area contributed by atoms with Crippen molar-refractivity contribution in [2.45, 2.75) is 99.4 Å². The Bertz CT molecular complexity index is 947. The van der Waals surface area contributed by atoms with Crippen LogP contribution in [0.4, 0.5) is 0 Å². The molecule has 0 fully saturated rings. The third-order valence-corrected chi connectivity index (χ3v) is 8.05. The number of aromatic nitrogens is 1. The summed E-state index contributed by atoms with van der Waals surface area (Å²) in [4.78, 5) is 30.6. The molecule has 6 atom stereocenters. The first-order valence-electron chi connectivity index (χ1n) is 12.6. The molecule has 196 valence electrons. The molecule has 0 saturated carbocycles. The molecule has 1 unspecified atom stereocenters. The number of carbonyl (C=O) groups is 2. The van der Waals surface area contributed by atoms with Crippen molar-refractivity contribution in [3.05, 3.63) is 33.3 Å². The van der Waals surface area contributed by atoms with E-state index in [2.05, 4.69) is 24.9 Å². The molecule has 0 amide bonds. The van der Waals surface area contributed by atoms with Crippen molar-refractivity contribution in [3.63, 3.8) is 0 Å². The number of thiazole rings is 1. The number of nitrogens with zero attached hydrogens (tertiary/aromatic N) is 1. The van der Waals surface area contributed by atoms with Crippen LogP contribution >= 0.6 is 11.3 Å². The van der Waals surface area contributed by atoms with Crippen molar-refractivity contribution in [2.75, 3.05) is 0 Å². The highest BCUT2D eigenvalue weighted by atomic mass is 32.1. The first-order chi connectivity index (χ1) is 16.2. The quantitative estimate of drug-likeness (QED) is 0.406. The largest absolute Gasteiger partial charge is 0.457 e. The number of allylic oxidation sites excluding steroid dienone is 1. The number of carbonyl (C=O) groups excluding carboxylic acids is 2. The lowest BCUT2D eigenvalue weighted by Crippen LogP contribution is -2.45. The van der Waals surface area contributed by atoms with E-state index in [1.807, 2.05) is 32.2 Å². The first-order valence-corrected chi connectivity index (χ1v) is 13.5. The van der Waals surface area contributed by atoms with E-state index in [4.69, 9.17) is 4.74 Å². The molecule has 0 radical (unpaired) electrons. The van der Waals surface area contributed by atoms with Crippen LogP contribution in [0.3, 0.4) is 0 Å². The fraction of sp³-hybridized carbons (Fsp3) is 0.679. The van der Waals surface area contributed by atoms with Crippen LogP contribution in [0.25, 0.3) is 6.08 Å². The maximum Gasteiger partial charge on any atom is 0.309 e. The maximum absolute atomic E-state index is 13.2. The van der Waals surface area contributed by atoms with Crippen LogP contribution in [-0.2, 0) is 14.3 Å². The van der Waals surface area contributed by atoms with E-state index in [0.29, 0.717) is 12.3 Å². The van der Waals surface area contributed by atoms with Crippen molar-refractivity contribution >= 4 is 29.2 Å². The molecular weight excluding hydrogens is 462 g/mol. The standard InChI is InChI=1S/C28H43NO5S/c1-16-9-10-23(18(3)13-22-15-35-21(6)29-22)34-25(31)14-24(30)28(7,8)27(33)20(5)26(32)19(4)12-17(2)11-16/h9,13,15,17,19-20,23-24,26,30,32H,10-12,14H2,1-8H3/b16-9-,18-13+/t17?,19-,20+,23-,24-,26-/m0/s1. The predicted molar refractivity (Wildman–Crippen MR) is 141 cm³/mol. The van der Waals surface area contributed by atoms with Gasteiger partial charge in [-0.15, -0.1) is 11.3 Å². The lowest BCUT2D eigenvalue weighted by Gasteiger charge is -2.35. The monoisotopic (exact) mass is 505 g/mol. The fourth-order valence-electron chi connectivity index (χ4n) is 4.92. The molecule has 1 aromatic rings. The number of aliphatic hydroxyl groups excluding tert-OH is 2. The van der Waals surface area contributed by atoms with Gasteiger partial charge >= 0.3 is 5.97 Å². The average molecular weight is 506 g/mol. The molecular formula is C28H43NO5S. The van der Waals surface area contributed by atoms with Crippen molar-refractivity contribution in [2.24, 2.45) is 23.2 Å². The number of hydrogen-bond donors (Lipinski definition) is 2. The Morgan fingerprint density at radius 2 is 1.83 bits per heavy atom. The van der Waals surface area contributed by atoms with Gasteiger partial charge in [-0.3, -0.25) is 9.59 Å². The van der Waals surface area contributed by atoms with Gasteiger partial charge in [-0.05, 0) is 57.1 Å². The van der Waals surface area contributed by atoms with Crippen LogP contribution in [-0.4, -0.2) is 45.3 Å². The molecule has 1 aliphatic heterocycles. The van der Waals surface area contributed by atoms with Crippen molar-refractivity contribution in [3.8, 4) is 0 Å². The smallest absolute Gasteiger partial charge is 0.309 e. The van der Waals surface area contributed by atoms with Crippen molar-refractivity contribution in [1.29, 1.82) is 0 Å². The van der Waals surface area contributed by atoms with Gasteiger partial charge in [0.15, 0.2) is 0 Å². The van der Waals surface area contributed by atoms with Crippen molar-refractivity contribution in [1.82, 2.24) is 4.98 Å². The lowest BCUT2D eigenvalue weighted by atomic mass is 9.72. The summed E-state index contributed by atoms with van der Waals surface area (Å²) in [5, 5.41) is 24.7. The molecule has 1 aromatic heterocycles. The van der Waals surface area contributed by atoms with E-state index in [1.54, 1.807) is 32.1 Å². The van der Waals surface area contributed by atoms with Crippen LogP contribution in [0.1, 0.15) is 84.9 Å². The molecule has 0 saturated heterocycles. The third kappa shape index (κ3) is 8.09. The number of aryl methyl sites for hydroxylation is 1. The summed E-state index contributed by atoms with van der Waals surface area (Å²) in [6.07, 6.45) is 3.38. The zero-order chi connectivity index (χ0) is 26.5. The first kappa shape index (κ1) is 29.4. The molecule has 1 aliphatic rings. The summed E-state index contributed by atoms with van der Waals surface area (Å²) in [7, 11) is 0. The van der Waals surface area contributed by atoms with Gasteiger partial charge in [-0.25, -0.2) is 4.98 Å². The summed E-state index contributed by atoms with van der Waals surface area (Å²) in [6, 6.07) is 0. The van der Waals surface area contributed by atoms with E-state index in [1.165, 1.54) is 5.57 Å². The van der Waals surface area contributed by atoms with E-state index >= 15 is 0 Å². The molecule has 7 heteroatoms. The Hall–Kier alpha value is -1.83. The molecule has 6 nitrogen and oxygen atoms in total. The summed E-state index contributed by atoms with van der Waals surface area (Å²) >= 11 is 1.56. The zero-order valence-electron chi connectivity index (χ0n) is 22.5. The second kappa shape index (κ2) is 12.4. The van der Waals surface area contributed by atoms with Crippen LogP contribution < -0.4 is 0 Å².